The van der Waals surface area contributed by atoms with Crippen molar-refractivity contribution in [3.05, 3.63) is 42.5 Å². The second-order valence-electron chi connectivity index (χ2n) is 7.63. The quantitative estimate of drug-likeness (QED) is 0.213. The molecule has 9 heteroatoms. The lowest BCUT2D eigenvalue weighted by molar-refractivity contribution is 0.311. The maximum Gasteiger partial charge on any atom is 0.211 e. The fourth-order valence-electron chi connectivity index (χ4n) is 3.54. The summed E-state index contributed by atoms with van der Waals surface area (Å²) in [5.74, 6) is 1.92. The molecule has 1 atom stereocenters. The number of aliphatic imine (C=N–C) groups is 1. The molecule has 1 unspecified atom stereocenters. The molecule has 0 amide bonds. The Bertz CT molecular complexity index is 968. The maximum absolute atomic E-state index is 11.6. The summed E-state index contributed by atoms with van der Waals surface area (Å²) in [5, 5.41) is 8.96. The Morgan fingerprint density at radius 1 is 1.19 bits per heavy atom. The summed E-state index contributed by atoms with van der Waals surface area (Å²) in [6.07, 6.45) is 2.97. The van der Waals surface area contributed by atoms with Gasteiger partial charge in [-0.05, 0) is 48.6 Å². The van der Waals surface area contributed by atoms with Crippen LogP contribution in [0.5, 0.6) is 5.75 Å². The van der Waals surface area contributed by atoms with Gasteiger partial charge >= 0.3 is 0 Å². The zero-order valence-corrected chi connectivity index (χ0v) is 21.4. The van der Waals surface area contributed by atoms with Crippen molar-refractivity contribution in [1.82, 2.24) is 14.9 Å². The van der Waals surface area contributed by atoms with Crippen molar-refractivity contribution >= 4 is 50.7 Å². The van der Waals surface area contributed by atoms with E-state index in [-0.39, 0.29) is 29.9 Å². The van der Waals surface area contributed by atoms with E-state index < -0.39 is 10.0 Å². The zero-order valence-electron chi connectivity index (χ0n) is 18.2. The van der Waals surface area contributed by atoms with Crippen LogP contribution in [0.3, 0.4) is 0 Å². The van der Waals surface area contributed by atoms with Crippen LogP contribution in [-0.2, 0) is 10.0 Å². The monoisotopic (exact) mass is 560 g/mol. The van der Waals surface area contributed by atoms with E-state index in [2.05, 4.69) is 39.9 Å². The fourth-order valence-corrected chi connectivity index (χ4v) is 4.45. The maximum atomic E-state index is 11.6. The zero-order chi connectivity index (χ0) is 21.4. The molecule has 31 heavy (non-hydrogen) atoms. The summed E-state index contributed by atoms with van der Waals surface area (Å²) in [5.41, 5.74) is 0. The molecule has 1 fully saturated rings. The largest absolute Gasteiger partial charge is 0.494 e. The van der Waals surface area contributed by atoms with Gasteiger partial charge in [0.15, 0.2) is 5.96 Å². The van der Waals surface area contributed by atoms with Crippen LogP contribution >= 0.6 is 24.0 Å². The van der Waals surface area contributed by atoms with E-state index in [4.69, 9.17) is 4.74 Å². The van der Waals surface area contributed by atoms with E-state index in [1.807, 2.05) is 25.1 Å². The van der Waals surface area contributed by atoms with Gasteiger partial charge in [-0.2, -0.15) is 0 Å². The van der Waals surface area contributed by atoms with Crippen LogP contribution in [-0.4, -0.2) is 64.3 Å². The number of guanidine groups is 1. The van der Waals surface area contributed by atoms with Gasteiger partial charge < -0.3 is 15.4 Å². The summed E-state index contributed by atoms with van der Waals surface area (Å²) in [6, 6.07) is 14.4. The van der Waals surface area contributed by atoms with Crippen LogP contribution in [0.1, 0.15) is 19.8 Å². The number of halogens is 1. The van der Waals surface area contributed by atoms with E-state index in [9.17, 15) is 8.42 Å². The highest BCUT2D eigenvalue weighted by Crippen LogP contribution is 2.21. The van der Waals surface area contributed by atoms with E-state index in [0.29, 0.717) is 26.2 Å². The van der Waals surface area contributed by atoms with Gasteiger partial charge in [0.1, 0.15) is 5.75 Å². The first-order valence-electron chi connectivity index (χ1n) is 10.5. The third-order valence-corrected chi connectivity index (χ3v) is 6.44. The highest BCUT2D eigenvalue weighted by molar-refractivity contribution is 14.0. The van der Waals surface area contributed by atoms with Gasteiger partial charge in [-0.1, -0.05) is 30.3 Å². The first-order valence-corrected chi connectivity index (χ1v) is 12.4. The molecule has 7 nitrogen and oxygen atoms in total. The second-order valence-corrected chi connectivity index (χ2v) is 9.62. The first-order chi connectivity index (χ1) is 14.5. The van der Waals surface area contributed by atoms with Crippen molar-refractivity contribution in [2.45, 2.75) is 19.8 Å². The topological polar surface area (TPSA) is 83.0 Å². The van der Waals surface area contributed by atoms with Gasteiger partial charge in [-0.25, -0.2) is 12.7 Å². The lowest BCUT2D eigenvalue weighted by atomic mass is 10.1. The van der Waals surface area contributed by atoms with Crippen molar-refractivity contribution in [2.75, 3.05) is 45.6 Å². The molecule has 0 aliphatic carbocycles. The molecule has 172 valence electrons. The predicted molar refractivity (Wildman–Crippen MR) is 138 cm³/mol. The van der Waals surface area contributed by atoms with Crippen LogP contribution in [0.2, 0.25) is 0 Å². The third kappa shape index (κ3) is 8.12. The van der Waals surface area contributed by atoms with Gasteiger partial charge in [0.2, 0.25) is 10.0 Å². The van der Waals surface area contributed by atoms with Crippen molar-refractivity contribution in [2.24, 2.45) is 10.9 Å². The van der Waals surface area contributed by atoms with Gasteiger partial charge in [0.05, 0.1) is 12.9 Å². The average Bonchev–Trinajstić information content (AvgIpc) is 3.21. The molecule has 1 heterocycles. The molecule has 1 aliphatic heterocycles. The molecule has 2 aromatic rings. The number of nitrogens with one attached hydrogen (secondary N) is 2. The van der Waals surface area contributed by atoms with Crippen LogP contribution in [0.15, 0.2) is 47.5 Å². The van der Waals surface area contributed by atoms with Gasteiger partial charge in [0.25, 0.3) is 0 Å². The highest BCUT2D eigenvalue weighted by Gasteiger charge is 2.28. The number of benzene rings is 2. The highest BCUT2D eigenvalue weighted by atomic mass is 127. The Hall–Kier alpha value is -1.59. The summed E-state index contributed by atoms with van der Waals surface area (Å²) in [6.45, 7) is 5.95. The lowest BCUT2D eigenvalue weighted by Gasteiger charge is -2.14. The molecule has 2 N–H and O–H groups in total. The SMILES string of the molecule is CCNC(=NCC1CCN(S(C)(=O)=O)C1)NCCCOc1ccc2ccccc2c1.I. The summed E-state index contributed by atoms with van der Waals surface area (Å²) in [7, 11) is -3.10. The van der Waals surface area contributed by atoms with Gasteiger partial charge in [-0.3, -0.25) is 4.99 Å². The van der Waals surface area contributed by atoms with Crippen LogP contribution in [0.4, 0.5) is 0 Å². The fraction of sp³-hybridized carbons (Fsp3) is 0.500. The number of hydrogen-bond acceptors (Lipinski definition) is 4. The first kappa shape index (κ1) is 25.7. The number of rotatable bonds is 9. The molecule has 0 aromatic heterocycles. The average molecular weight is 561 g/mol. The van der Waals surface area contributed by atoms with Gasteiger partial charge in [-0.15, -0.1) is 24.0 Å². The standard InChI is InChI=1S/C22H32N4O3S.HI/c1-3-23-22(25-16-18-11-13-26(17-18)30(2,27)28)24-12-6-14-29-21-10-9-19-7-4-5-8-20(19)15-21;/h4-5,7-10,15,18H,3,6,11-14,16-17H2,1-2H3,(H2,23,24,25);1H. The smallest absolute Gasteiger partial charge is 0.211 e. The molecule has 2 aromatic carbocycles. The van der Waals surface area contributed by atoms with E-state index >= 15 is 0 Å². The van der Waals surface area contributed by atoms with Crippen molar-refractivity contribution < 1.29 is 13.2 Å². The molecule has 1 aliphatic rings. The van der Waals surface area contributed by atoms with Crippen molar-refractivity contribution in [3.63, 3.8) is 0 Å². The minimum Gasteiger partial charge on any atom is -0.494 e. The van der Waals surface area contributed by atoms with Crippen LogP contribution in [0, 0.1) is 5.92 Å². The lowest BCUT2D eigenvalue weighted by Crippen LogP contribution is -2.38. The van der Waals surface area contributed by atoms with Crippen LogP contribution < -0.4 is 15.4 Å². The van der Waals surface area contributed by atoms with E-state index in [0.717, 1.165) is 37.6 Å². The number of sulfonamides is 1. The van der Waals surface area contributed by atoms with E-state index in [1.165, 1.54) is 21.3 Å². The molecule has 0 saturated carbocycles. The Morgan fingerprint density at radius 2 is 1.97 bits per heavy atom. The molecule has 0 spiro atoms. The number of ether oxygens (including phenoxy) is 1. The molecule has 3 rings (SSSR count). The Labute approximate surface area is 202 Å². The Balaban J connectivity index is 0.00000341. The third-order valence-electron chi connectivity index (χ3n) is 5.17. The van der Waals surface area contributed by atoms with Crippen LogP contribution in [0.25, 0.3) is 10.8 Å². The molecular weight excluding hydrogens is 527 g/mol. The van der Waals surface area contributed by atoms with Crippen molar-refractivity contribution in [3.8, 4) is 5.75 Å². The molecular formula is C22H33IN4O3S. The number of nitrogens with zero attached hydrogens (tertiary/aromatic N) is 2. The summed E-state index contributed by atoms with van der Waals surface area (Å²) in [4.78, 5) is 4.63. The van der Waals surface area contributed by atoms with Gasteiger partial charge in [0, 0.05) is 32.7 Å². The minimum atomic E-state index is -3.10. The Morgan fingerprint density at radius 3 is 2.68 bits per heavy atom. The number of fused-ring (bicyclic) bond motifs is 1. The van der Waals surface area contributed by atoms with Crippen molar-refractivity contribution in [1.29, 1.82) is 0 Å². The summed E-state index contributed by atoms with van der Waals surface area (Å²) < 4.78 is 30.7. The Kier molecular flexibility index (Phi) is 10.3. The molecule has 0 bridgehead atoms. The normalized spacial score (nSPS) is 17.4. The molecule has 0 radical (unpaired) electrons. The van der Waals surface area contributed by atoms with E-state index in [1.54, 1.807) is 0 Å². The predicted octanol–water partition coefficient (Wildman–Crippen LogP) is 3.06. The molecule has 1 saturated heterocycles. The minimum absolute atomic E-state index is 0. The summed E-state index contributed by atoms with van der Waals surface area (Å²) >= 11 is 0. The second kappa shape index (κ2) is 12.4. The number of hydrogen-bond donors (Lipinski definition) is 2.